The van der Waals surface area contributed by atoms with Crippen molar-refractivity contribution in [3.8, 4) is 0 Å². The normalized spacial score (nSPS) is 12.0. The highest BCUT2D eigenvalue weighted by molar-refractivity contribution is 6.30. The van der Waals surface area contributed by atoms with E-state index in [0.29, 0.717) is 12.8 Å². The number of hydrogen-bond donors (Lipinski definition) is 3. The van der Waals surface area contributed by atoms with Gasteiger partial charge in [0.15, 0.2) is 0 Å². The Kier molecular flexibility index (Phi) is 5.88. The zero-order valence-electron chi connectivity index (χ0n) is 10.0. The molecule has 1 unspecified atom stereocenters. The Bertz CT molecular complexity index is 415. The second kappa shape index (κ2) is 7.18. The van der Waals surface area contributed by atoms with Crippen LogP contribution in [0.2, 0.25) is 5.02 Å². The molecule has 0 spiro atoms. The maximum atomic E-state index is 13.4. The van der Waals surface area contributed by atoms with E-state index in [4.69, 9.17) is 16.7 Å². The zero-order valence-corrected chi connectivity index (χ0v) is 10.8. The highest BCUT2D eigenvalue weighted by Crippen LogP contribution is 2.18. The van der Waals surface area contributed by atoms with Gasteiger partial charge in [0.25, 0.3) is 0 Å². The monoisotopic (exact) mass is 274 g/mol. The van der Waals surface area contributed by atoms with Gasteiger partial charge in [0.1, 0.15) is 5.82 Å². The average Bonchev–Trinajstić information content (AvgIpc) is 2.32. The number of rotatable bonds is 5. The Hall–Kier alpha value is -1.33. The van der Waals surface area contributed by atoms with Gasteiger partial charge in [-0.3, -0.25) is 0 Å². The summed E-state index contributed by atoms with van der Waals surface area (Å²) in [6, 6.07) is 3.37. The summed E-state index contributed by atoms with van der Waals surface area (Å²) >= 11 is 5.61. The highest BCUT2D eigenvalue weighted by Gasteiger charge is 2.11. The summed E-state index contributed by atoms with van der Waals surface area (Å²) in [6.45, 7) is 1.89. The van der Waals surface area contributed by atoms with E-state index in [9.17, 15) is 9.18 Å². The SMILES string of the molecule is CCC(CCO)NC(=O)Nc1ccc(Cl)cc1F. The minimum Gasteiger partial charge on any atom is -0.396 e. The van der Waals surface area contributed by atoms with E-state index < -0.39 is 11.8 Å². The molecule has 0 aliphatic rings. The van der Waals surface area contributed by atoms with Crippen molar-refractivity contribution in [2.75, 3.05) is 11.9 Å². The number of hydrogen-bond acceptors (Lipinski definition) is 2. The maximum absolute atomic E-state index is 13.4. The number of aliphatic hydroxyl groups is 1. The zero-order chi connectivity index (χ0) is 13.5. The number of nitrogens with one attached hydrogen (secondary N) is 2. The molecule has 1 aromatic carbocycles. The van der Waals surface area contributed by atoms with Gasteiger partial charge in [0.2, 0.25) is 0 Å². The van der Waals surface area contributed by atoms with E-state index in [1.807, 2.05) is 6.92 Å². The Labute approximate surface area is 110 Å². The van der Waals surface area contributed by atoms with E-state index in [2.05, 4.69) is 10.6 Å². The van der Waals surface area contributed by atoms with Crippen molar-refractivity contribution in [2.24, 2.45) is 0 Å². The number of halogens is 2. The molecule has 3 N–H and O–H groups in total. The molecule has 0 saturated heterocycles. The van der Waals surface area contributed by atoms with Crippen LogP contribution in [0.25, 0.3) is 0 Å². The topological polar surface area (TPSA) is 61.4 Å². The van der Waals surface area contributed by atoms with Crippen LogP contribution in [0.5, 0.6) is 0 Å². The molecule has 0 radical (unpaired) electrons. The molecule has 100 valence electrons. The third-order valence-electron chi connectivity index (χ3n) is 2.48. The van der Waals surface area contributed by atoms with Crippen molar-refractivity contribution < 1.29 is 14.3 Å². The van der Waals surface area contributed by atoms with Crippen LogP contribution in [0, 0.1) is 5.82 Å². The van der Waals surface area contributed by atoms with Crippen molar-refractivity contribution >= 4 is 23.3 Å². The molecule has 0 aliphatic carbocycles. The summed E-state index contributed by atoms with van der Waals surface area (Å²) in [5.74, 6) is -0.590. The fourth-order valence-corrected chi connectivity index (χ4v) is 1.63. The number of carbonyl (C=O) groups is 1. The van der Waals surface area contributed by atoms with Crippen LogP contribution in [0.4, 0.5) is 14.9 Å². The van der Waals surface area contributed by atoms with Gasteiger partial charge < -0.3 is 15.7 Å². The second-order valence-corrected chi connectivity index (χ2v) is 4.28. The van der Waals surface area contributed by atoms with Crippen LogP contribution < -0.4 is 10.6 Å². The fraction of sp³-hybridized carbons (Fsp3) is 0.417. The lowest BCUT2D eigenvalue weighted by Crippen LogP contribution is -2.38. The van der Waals surface area contributed by atoms with Crippen LogP contribution in [-0.4, -0.2) is 23.8 Å². The van der Waals surface area contributed by atoms with E-state index >= 15 is 0 Å². The summed E-state index contributed by atoms with van der Waals surface area (Å²) in [5.41, 5.74) is 0.0655. The summed E-state index contributed by atoms with van der Waals surface area (Å²) in [7, 11) is 0. The average molecular weight is 275 g/mol. The smallest absolute Gasteiger partial charge is 0.319 e. The number of anilines is 1. The van der Waals surface area contributed by atoms with Gasteiger partial charge in [-0.2, -0.15) is 0 Å². The van der Waals surface area contributed by atoms with Crippen LogP contribution >= 0.6 is 11.6 Å². The fourth-order valence-electron chi connectivity index (χ4n) is 1.47. The molecule has 0 saturated carbocycles. The lowest BCUT2D eigenvalue weighted by molar-refractivity contribution is 0.237. The second-order valence-electron chi connectivity index (χ2n) is 3.84. The van der Waals surface area contributed by atoms with Gasteiger partial charge in [-0.1, -0.05) is 18.5 Å². The molecule has 0 heterocycles. The molecule has 1 aromatic rings. The van der Waals surface area contributed by atoms with Gasteiger partial charge in [-0.15, -0.1) is 0 Å². The Balaban J connectivity index is 2.58. The van der Waals surface area contributed by atoms with E-state index in [0.717, 1.165) is 6.07 Å². The molecule has 1 atom stereocenters. The highest BCUT2D eigenvalue weighted by atomic mass is 35.5. The van der Waals surface area contributed by atoms with Crippen molar-refractivity contribution in [3.63, 3.8) is 0 Å². The summed E-state index contributed by atoms with van der Waals surface area (Å²) in [5, 5.41) is 14.1. The predicted molar refractivity (Wildman–Crippen MR) is 69.3 cm³/mol. The van der Waals surface area contributed by atoms with Crippen molar-refractivity contribution in [2.45, 2.75) is 25.8 Å². The lowest BCUT2D eigenvalue weighted by atomic mass is 10.2. The molecule has 0 bridgehead atoms. The number of benzene rings is 1. The van der Waals surface area contributed by atoms with Crippen LogP contribution in [-0.2, 0) is 0 Å². The largest absolute Gasteiger partial charge is 0.396 e. The maximum Gasteiger partial charge on any atom is 0.319 e. The first-order chi connectivity index (χ1) is 8.56. The molecule has 0 fully saturated rings. The molecule has 0 aliphatic heterocycles. The van der Waals surface area contributed by atoms with Crippen LogP contribution in [0.3, 0.4) is 0 Å². The molecular weight excluding hydrogens is 259 g/mol. The first kappa shape index (κ1) is 14.7. The van der Waals surface area contributed by atoms with Gasteiger partial charge in [0, 0.05) is 17.7 Å². The Morgan fingerprint density at radius 1 is 1.56 bits per heavy atom. The standard InChI is InChI=1S/C12H16ClFN2O2/c1-2-9(5-6-17)15-12(18)16-11-4-3-8(13)7-10(11)14/h3-4,7,9,17H,2,5-6H2,1H3,(H2,15,16,18). The third-order valence-corrected chi connectivity index (χ3v) is 2.72. The molecular formula is C12H16ClFN2O2. The molecule has 0 aromatic heterocycles. The minimum atomic E-state index is -0.590. The Morgan fingerprint density at radius 3 is 2.83 bits per heavy atom. The van der Waals surface area contributed by atoms with Gasteiger partial charge in [0.05, 0.1) is 5.69 Å². The van der Waals surface area contributed by atoms with E-state index in [1.165, 1.54) is 12.1 Å². The molecule has 2 amide bonds. The lowest BCUT2D eigenvalue weighted by Gasteiger charge is -2.16. The van der Waals surface area contributed by atoms with Crippen molar-refractivity contribution in [3.05, 3.63) is 29.0 Å². The number of carbonyl (C=O) groups excluding carboxylic acids is 1. The van der Waals surface area contributed by atoms with Gasteiger partial charge >= 0.3 is 6.03 Å². The first-order valence-electron chi connectivity index (χ1n) is 5.70. The van der Waals surface area contributed by atoms with Crippen molar-refractivity contribution in [1.82, 2.24) is 5.32 Å². The predicted octanol–water partition coefficient (Wildman–Crippen LogP) is 2.76. The molecule has 4 nitrogen and oxygen atoms in total. The van der Waals surface area contributed by atoms with Gasteiger partial charge in [-0.25, -0.2) is 9.18 Å². The third kappa shape index (κ3) is 4.50. The first-order valence-corrected chi connectivity index (χ1v) is 6.08. The minimum absolute atomic E-state index is 0.00586. The summed E-state index contributed by atoms with van der Waals surface area (Å²) < 4.78 is 13.4. The van der Waals surface area contributed by atoms with Gasteiger partial charge in [-0.05, 0) is 31.0 Å². The molecule has 18 heavy (non-hydrogen) atoms. The summed E-state index contributed by atoms with van der Waals surface area (Å²) in [4.78, 5) is 11.6. The Morgan fingerprint density at radius 2 is 2.28 bits per heavy atom. The van der Waals surface area contributed by atoms with E-state index in [-0.39, 0.29) is 23.4 Å². The van der Waals surface area contributed by atoms with Crippen LogP contribution in [0.15, 0.2) is 18.2 Å². The number of amides is 2. The van der Waals surface area contributed by atoms with Crippen molar-refractivity contribution in [1.29, 1.82) is 0 Å². The van der Waals surface area contributed by atoms with Crippen LogP contribution in [0.1, 0.15) is 19.8 Å². The number of urea groups is 1. The molecule has 1 rings (SSSR count). The summed E-state index contributed by atoms with van der Waals surface area (Å²) in [6.07, 6.45) is 1.16. The quantitative estimate of drug-likeness (QED) is 0.773. The molecule has 6 heteroatoms. The number of aliphatic hydroxyl groups excluding tert-OH is 1. The van der Waals surface area contributed by atoms with E-state index in [1.54, 1.807) is 0 Å².